The Morgan fingerprint density at radius 2 is 2.00 bits per heavy atom. The summed E-state index contributed by atoms with van der Waals surface area (Å²) in [6.07, 6.45) is 8.45. The van der Waals surface area contributed by atoms with Crippen molar-refractivity contribution >= 4 is 0 Å². The lowest BCUT2D eigenvalue weighted by molar-refractivity contribution is 0.142. The predicted molar refractivity (Wildman–Crippen MR) is 80.5 cm³/mol. The molecule has 3 heterocycles. The molecule has 0 radical (unpaired) electrons. The maximum absolute atomic E-state index is 3.58. The van der Waals surface area contributed by atoms with Gasteiger partial charge in [-0.25, -0.2) is 0 Å². The van der Waals surface area contributed by atoms with Crippen molar-refractivity contribution in [2.75, 3.05) is 45.8 Å². The van der Waals surface area contributed by atoms with Crippen molar-refractivity contribution in [2.24, 2.45) is 5.41 Å². The van der Waals surface area contributed by atoms with E-state index in [-0.39, 0.29) is 0 Å². The summed E-state index contributed by atoms with van der Waals surface area (Å²) in [5.74, 6) is 0. The second kappa shape index (κ2) is 6.11. The number of hydrogen-bond acceptors (Lipinski definition) is 3. The van der Waals surface area contributed by atoms with Gasteiger partial charge in [0.05, 0.1) is 0 Å². The van der Waals surface area contributed by atoms with Crippen LogP contribution in [0.2, 0.25) is 0 Å². The summed E-state index contributed by atoms with van der Waals surface area (Å²) in [5, 5.41) is 3.58. The molecule has 3 nitrogen and oxygen atoms in total. The van der Waals surface area contributed by atoms with Gasteiger partial charge in [0.2, 0.25) is 0 Å². The van der Waals surface area contributed by atoms with E-state index in [0.717, 1.165) is 6.04 Å². The first-order valence-corrected chi connectivity index (χ1v) is 8.48. The minimum atomic E-state index is 0.580. The third-order valence-electron chi connectivity index (χ3n) is 5.80. The molecule has 0 aliphatic carbocycles. The Morgan fingerprint density at radius 1 is 1.16 bits per heavy atom. The zero-order valence-corrected chi connectivity index (χ0v) is 12.7. The fourth-order valence-electron chi connectivity index (χ4n) is 4.36. The molecule has 0 aromatic rings. The first kappa shape index (κ1) is 13.8. The molecular weight excluding hydrogens is 234 g/mol. The average molecular weight is 265 g/mol. The van der Waals surface area contributed by atoms with Crippen LogP contribution in [0.1, 0.15) is 45.4 Å². The lowest BCUT2D eigenvalue weighted by atomic mass is 9.84. The Bertz CT molecular complexity index is 280. The zero-order valence-electron chi connectivity index (χ0n) is 12.7. The Hall–Kier alpha value is -0.120. The number of hydrogen-bond donors (Lipinski definition) is 1. The summed E-state index contributed by atoms with van der Waals surface area (Å²) < 4.78 is 0. The second-order valence-corrected chi connectivity index (χ2v) is 7.05. The molecule has 0 aromatic heterocycles. The lowest BCUT2D eigenvalue weighted by Gasteiger charge is -2.34. The highest BCUT2D eigenvalue weighted by atomic mass is 15.3. The van der Waals surface area contributed by atoms with E-state index in [1.54, 1.807) is 0 Å². The Labute approximate surface area is 118 Å². The van der Waals surface area contributed by atoms with E-state index < -0.39 is 0 Å². The normalized spacial score (nSPS) is 38.1. The molecule has 3 aliphatic heterocycles. The number of nitrogens with zero attached hydrogens (tertiary/aromatic N) is 2. The first-order valence-electron chi connectivity index (χ1n) is 8.48. The average Bonchev–Trinajstić information content (AvgIpc) is 3.10. The van der Waals surface area contributed by atoms with Crippen molar-refractivity contribution in [1.29, 1.82) is 0 Å². The van der Waals surface area contributed by atoms with Crippen molar-refractivity contribution < 1.29 is 0 Å². The van der Waals surface area contributed by atoms with Crippen LogP contribution in [0.4, 0.5) is 0 Å². The van der Waals surface area contributed by atoms with Crippen molar-refractivity contribution in [3.63, 3.8) is 0 Å². The van der Waals surface area contributed by atoms with E-state index in [4.69, 9.17) is 0 Å². The summed E-state index contributed by atoms with van der Waals surface area (Å²) in [5.41, 5.74) is 0.580. The highest BCUT2D eigenvalue weighted by molar-refractivity contribution is 4.93. The van der Waals surface area contributed by atoms with Gasteiger partial charge in [0.1, 0.15) is 0 Å². The topological polar surface area (TPSA) is 18.5 Å². The monoisotopic (exact) mass is 265 g/mol. The zero-order chi connectivity index (χ0) is 13.1. The number of nitrogens with one attached hydrogen (secondary N) is 1. The third kappa shape index (κ3) is 3.14. The molecule has 2 atom stereocenters. The second-order valence-electron chi connectivity index (χ2n) is 7.05. The summed E-state index contributed by atoms with van der Waals surface area (Å²) >= 11 is 0. The number of piperidine rings is 1. The first-order chi connectivity index (χ1) is 9.31. The number of likely N-dealkylation sites (tertiary alicyclic amines) is 2. The maximum atomic E-state index is 3.58. The van der Waals surface area contributed by atoms with Gasteiger partial charge in [0.15, 0.2) is 0 Å². The van der Waals surface area contributed by atoms with E-state index in [1.165, 1.54) is 84.3 Å². The van der Waals surface area contributed by atoms with E-state index in [9.17, 15) is 0 Å². The SMILES string of the molecule is CCC1(CN2CCC(N3CCCCC3)C2)CCNC1. The van der Waals surface area contributed by atoms with Gasteiger partial charge in [0.25, 0.3) is 0 Å². The Morgan fingerprint density at radius 3 is 2.68 bits per heavy atom. The van der Waals surface area contributed by atoms with Gasteiger partial charge in [-0.15, -0.1) is 0 Å². The molecule has 3 saturated heterocycles. The van der Waals surface area contributed by atoms with Crippen LogP contribution in [0, 0.1) is 5.41 Å². The molecule has 0 amide bonds. The molecule has 1 N–H and O–H groups in total. The fraction of sp³-hybridized carbons (Fsp3) is 1.00. The summed E-state index contributed by atoms with van der Waals surface area (Å²) in [4.78, 5) is 5.53. The van der Waals surface area contributed by atoms with Crippen LogP contribution in [-0.4, -0.2) is 61.7 Å². The number of rotatable bonds is 4. The minimum Gasteiger partial charge on any atom is -0.316 e. The molecule has 3 rings (SSSR count). The molecule has 0 bridgehead atoms. The highest BCUT2D eigenvalue weighted by Gasteiger charge is 2.37. The predicted octanol–water partition coefficient (Wildman–Crippen LogP) is 1.94. The quantitative estimate of drug-likeness (QED) is 0.838. The van der Waals surface area contributed by atoms with Crippen molar-refractivity contribution in [3.8, 4) is 0 Å². The Balaban J connectivity index is 1.51. The molecule has 0 aromatic carbocycles. The van der Waals surface area contributed by atoms with E-state index >= 15 is 0 Å². The van der Waals surface area contributed by atoms with Crippen LogP contribution >= 0.6 is 0 Å². The molecule has 2 unspecified atom stereocenters. The van der Waals surface area contributed by atoms with Crippen LogP contribution in [-0.2, 0) is 0 Å². The van der Waals surface area contributed by atoms with E-state index in [0.29, 0.717) is 5.41 Å². The lowest BCUT2D eigenvalue weighted by Crippen LogP contribution is -2.43. The van der Waals surface area contributed by atoms with Gasteiger partial charge in [-0.05, 0) is 63.7 Å². The molecule has 0 saturated carbocycles. The van der Waals surface area contributed by atoms with Crippen LogP contribution in [0.25, 0.3) is 0 Å². The Kier molecular flexibility index (Phi) is 4.45. The van der Waals surface area contributed by atoms with Crippen molar-refractivity contribution in [2.45, 2.75) is 51.5 Å². The van der Waals surface area contributed by atoms with Gasteiger partial charge in [0, 0.05) is 25.7 Å². The molecule has 3 heteroatoms. The van der Waals surface area contributed by atoms with E-state index in [2.05, 4.69) is 22.0 Å². The van der Waals surface area contributed by atoms with Crippen LogP contribution < -0.4 is 5.32 Å². The maximum Gasteiger partial charge on any atom is 0.0235 e. The summed E-state index contributed by atoms with van der Waals surface area (Å²) in [7, 11) is 0. The minimum absolute atomic E-state index is 0.580. The summed E-state index contributed by atoms with van der Waals surface area (Å²) in [6.45, 7) is 11.6. The standard InChI is InChI=1S/C16H31N3/c1-2-16(7-8-17-13-16)14-18-11-6-15(12-18)19-9-4-3-5-10-19/h15,17H,2-14H2,1H3. The molecule has 19 heavy (non-hydrogen) atoms. The van der Waals surface area contributed by atoms with Gasteiger partial charge >= 0.3 is 0 Å². The third-order valence-corrected chi connectivity index (χ3v) is 5.80. The molecule has 3 aliphatic rings. The van der Waals surface area contributed by atoms with Crippen LogP contribution in [0.5, 0.6) is 0 Å². The van der Waals surface area contributed by atoms with Crippen molar-refractivity contribution in [1.82, 2.24) is 15.1 Å². The molecule has 110 valence electrons. The van der Waals surface area contributed by atoms with Gasteiger partial charge in [-0.3, -0.25) is 4.90 Å². The molecule has 3 fully saturated rings. The van der Waals surface area contributed by atoms with Crippen molar-refractivity contribution in [3.05, 3.63) is 0 Å². The largest absolute Gasteiger partial charge is 0.316 e. The van der Waals surface area contributed by atoms with Crippen LogP contribution in [0.15, 0.2) is 0 Å². The van der Waals surface area contributed by atoms with Crippen LogP contribution in [0.3, 0.4) is 0 Å². The van der Waals surface area contributed by atoms with Gasteiger partial charge in [-0.1, -0.05) is 13.3 Å². The summed E-state index contributed by atoms with van der Waals surface area (Å²) in [6, 6.07) is 0.864. The smallest absolute Gasteiger partial charge is 0.0235 e. The van der Waals surface area contributed by atoms with E-state index in [1.807, 2.05) is 0 Å². The van der Waals surface area contributed by atoms with Gasteiger partial charge in [-0.2, -0.15) is 0 Å². The van der Waals surface area contributed by atoms with Gasteiger partial charge < -0.3 is 10.2 Å². The highest BCUT2D eigenvalue weighted by Crippen LogP contribution is 2.32. The molecular formula is C16H31N3. The molecule has 0 spiro atoms. The fourth-order valence-corrected chi connectivity index (χ4v) is 4.36.